The molecule has 0 saturated carbocycles. The molecule has 0 bridgehead atoms. The molecule has 2 aromatic heterocycles. The van der Waals surface area contributed by atoms with E-state index in [-0.39, 0.29) is 12.3 Å². The number of carbonyl (C=O) groups is 1. The van der Waals surface area contributed by atoms with Gasteiger partial charge in [-0.1, -0.05) is 29.8 Å². The number of nitrogens with zero attached hydrogens (tertiary/aromatic N) is 1. The lowest BCUT2D eigenvalue weighted by Gasteiger charge is -2.01. The quantitative estimate of drug-likeness (QED) is 0.783. The van der Waals surface area contributed by atoms with E-state index in [9.17, 15) is 4.79 Å². The highest BCUT2D eigenvalue weighted by atomic mass is 32.1. The second-order valence-electron chi connectivity index (χ2n) is 5.03. The van der Waals surface area contributed by atoms with Crippen LogP contribution in [0.25, 0.3) is 11.3 Å². The van der Waals surface area contributed by atoms with Gasteiger partial charge < -0.3 is 9.73 Å². The molecule has 0 radical (unpaired) electrons. The fraction of sp³-hybridized carbons (Fsp3) is 0.176. The molecular formula is C17H16N2O2S. The molecule has 0 spiro atoms. The van der Waals surface area contributed by atoms with Crippen LogP contribution in [0.2, 0.25) is 0 Å². The normalized spacial score (nSPS) is 10.6. The third kappa shape index (κ3) is 3.62. The molecule has 2 heterocycles. The Labute approximate surface area is 132 Å². The second-order valence-corrected chi connectivity index (χ2v) is 5.97. The van der Waals surface area contributed by atoms with E-state index in [0.717, 1.165) is 22.0 Å². The van der Waals surface area contributed by atoms with E-state index in [1.807, 2.05) is 23.6 Å². The number of thiazole rings is 1. The highest BCUT2D eigenvalue weighted by Crippen LogP contribution is 2.22. The number of hydrogen-bond acceptors (Lipinski definition) is 4. The number of furan rings is 1. The molecule has 1 aromatic carbocycles. The standard InChI is InChI=1S/C17H16N2O2S/c1-12-4-6-13(7-5-12)15-11-22-17(19-15)9-16(20)18-10-14-3-2-8-21-14/h2-8,11H,9-10H2,1H3,(H,18,20). The van der Waals surface area contributed by atoms with Crippen molar-refractivity contribution >= 4 is 17.2 Å². The zero-order valence-electron chi connectivity index (χ0n) is 12.2. The van der Waals surface area contributed by atoms with Gasteiger partial charge in [0.15, 0.2) is 0 Å². The van der Waals surface area contributed by atoms with Crippen LogP contribution in [-0.4, -0.2) is 10.9 Å². The van der Waals surface area contributed by atoms with Gasteiger partial charge in [0, 0.05) is 10.9 Å². The van der Waals surface area contributed by atoms with Gasteiger partial charge in [-0.05, 0) is 19.1 Å². The Balaban J connectivity index is 1.59. The molecule has 4 nitrogen and oxygen atoms in total. The van der Waals surface area contributed by atoms with Crippen LogP contribution in [0.4, 0.5) is 0 Å². The number of nitrogens with one attached hydrogen (secondary N) is 1. The largest absolute Gasteiger partial charge is 0.467 e. The maximum absolute atomic E-state index is 11.9. The Hall–Kier alpha value is -2.40. The number of aromatic nitrogens is 1. The molecule has 1 amide bonds. The first-order chi connectivity index (χ1) is 10.7. The number of hydrogen-bond donors (Lipinski definition) is 1. The van der Waals surface area contributed by atoms with Gasteiger partial charge in [0.2, 0.25) is 5.91 Å². The summed E-state index contributed by atoms with van der Waals surface area (Å²) in [6, 6.07) is 11.8. The molecule has 22 heavy (non-hydrogen) atoms. The summed E-state index contributed by atoms with van der Waals surface area (Å²) >= 11 is 1.50. The number of amides is 1. The molecule has 0 unspecified atom stereocenters. The summed E-state index contributed by atoms with van der Waals surface area (Å²) in [7, 11) is 0. The minimum absolute atomic E-state index is 0.0544. The smallest absolute Gasteiger partial charge is 0.227 e. The van der Waals surface area contributed by atoms with Crippen molar-refractivity contribution in [1.82, 2.24) is 10.3 Å². The number of rotatable bonds is 5. The summed E-state index contributed by atoms with van der Waals surface area (Å²) in [4.78, 5) is 16.4. The lowest BCUT2D eigenvalue weighted by molar-refractivity contribution is -0.120. The monoisotopic (exact) mass is 312 g/mol. The molecule has 1 N–H and O–H groups in total. The minimum Gasteiger partial charge on any atom is -0.467 e. The Bertz CT molecular complexity index is 745. The minimum atomic E-state index is -0.0544. The highest BCUT2D eigenvalue weighted by molar-refractivity contribution is 7.10. The first kappa shape index (κ1) is 14.5. The Morgan fingerprint density at radius 1 is 1.27 bits per heavy atom. The van der Waals surface area contributed by atoms with Crippen molar-refractivity contribution < 1.29 is 9.21 Å². The average molecular weight is 312 g/mol. The Kier molecular flexibility index (Phi) is 4.34. The molecule has 0 saturated heterocycles. The number of benzene rings is 1. The van der Waals surface area contributed by atoms with E-state index in [1.54, 1.807) is 12.3 Å². The number of carbonyl (C=O) groups excluding carboxylic acids is 1. The molecule has 0 atom stereocenters. The van der Waals surface area contributed by atoms with Gasteiger partial charge in [0.1, 0.15) is 10.8 Å². The summed E-state index contributed by atoms with van der Waals surface area (Å²) in [6.07, 6.45) is 1.88. The first-order valence-corrected chi connectivity index (χ1v) is 7.89. The van der Waals surface area contributed by atoms with Gasteiger partial charge in [0.25, 0.3) is 0 Å². The van der Waals surface area contributed by atoms with Crippen LogP contribution >= 0.6 is 11.3 Å². The lowest BCUT2D eigenvalue weighted by atomic mass is 10.1. The van der Waals surface area contributed by atoms with Gasteiger partial charge in [0.05, 0.1) is 24.9 Å². The molecule has 3 rings (SSSR count). The van der Waals surface area contributed by atoms with Crippen LogP contribution in [0.15, 0.2) is 52.5 Å². The SMILES string of the molecule is Cc1ccc(-c2csc(CC(=O)NCc3ccco3)n2)cc1. The van der Waals surface area contributed by atoms with Crippen molar-refractivity contribution in [3.63, 3.8) is 0 Å². The van der Waals surface area contributed by atoms with E-state index < -0.39 is 0 Å². The van der Waals surface area contributed by atoms with Crippen molar-refractivity contribution in [1.29, 1.82) is 0 Å². The van der Waals surface area contributed by atoms with Crippen LogP contribution in [0.1, 0.15) is 16.3 Å². The van der Waals surface area contributed by atoms with E-state index in [1.165, 1.54) is 16.9 Å². The van der Waals surface area contributed by atoms with Crippen molar-refractivity contribution in [2.75, 3.05) is 0 Å². The summed E-state index contributed by atoms with van der Waals surface area (Å²) in [6.45, 7) is 2.46. The third-order valence-corrected chi connectivity index (χ3v) is 4.10. The molecule has 0 aliphatic carbocycles. The summed E-state index contributed by atoms with van der Waals surface area (Å²) in [5, 5.41) is 5.62. The molecular weight excluding hydrogens is 296 g/mol. The van der Waals surface area contributed by atoms with Crippen LogP contribution in [0, 0.1) is 6.92 Å². The fourth-order valence-corrected chi connectivity index (χ4v) is 2.85. The van der Waals surface area contributed by atoms with Crippen molar-refractivity contribution in [3.05, 3.63) is 64.4 Å². The Morgan fingerprint density at radius 3 is 2.82 bits per heavy atom. The summed E-state index contributed by atoms with van der Waals surface area (Å²) < 4.78 is 5.18. The van der Waals surface area contributed by atoms with Crippen LogP contribution in [0.5, 0.6) is 0 Å². The van der Waals surface area contributed by atoms with Crippen LogP contribution in [0.3, 0.4) is 0 Å². The van der Waals surface area contributed by atoms with Gasteiger partial charge >= 0.3 is 0 Å². The predicted molar refractivity (Wildman–Crippen MR) is 86.5 cm³/mol. The second kappa shape index (κ2) is 6.58. The van der Waals surface area contributed by atoms with Crippen LogP contribution in [-0.2, 0) is 17.8 Å². The summed E-state index contributed by atoms with van der Waals surface area (Å²) in [5.41, 5.74) is 3.21. The van der Waals surface area contributed by atoms with E-state index in [2.05, 4.69) is 29.4 Å². The average Bonchev–Trinajstić information content (AvgIpc) is 3.17. The molecule has 0 aliphatic rings. The topological polar surface area (TPSA) is 55.1 Å². The maximum atomic E-state index is 11.9. The van der Waals surface area contributed by atoms with E-state index >= 15 is 0 Å². The zero-order valence-corrected chi connectivity index (χ0v) is 13.0. The highest BCUT2D eigenvalue weighted by Gasteiger charge is 2.09. The molecule has 3 aromatic rings. The van der Waals surface area contributed by atoms with Gasteiger partial charge in [-0.25, -0.2) is 4.98 Å². The van der Waals surface area contributed by atoms with E-state index in [0.29, 0.717) is 6.54 Å². The van der Waals surface area contributed by atoms with Crippen molar-refractivity contribution in [2.24, 2.45) is 0 Å². The third-order valence-electron chi connectivity index (χ3n) is 3.25. The summed E-state index contributed by atoms with van der Waals surface area (Å²) in [5.74, 6) is 0.689. The fourth-order valence-electron chi connectivity index (χ4n) is 2.05. The van der Waals surface area contributed by atoms with Crippen molar-refractivity contribution in [2.45, 2.75) is 19.9 Å². The molecule has 5 heteroatoms. The number of aryl methyl sites for hydroxylation is 1. The van der Waals surface area contributed by atoms with Gasteiger partial charge in [-0.3, -0.25) is 4.79 Å². The zero-order chi connectivity index (χ0) is 15.4. The predicted octanol–water partition coefficient (Wildman–Crippen LogP) is 3.57. The van der Waals surface area contributed by atoms with E-state index in [4.69, 9.17) is 4.42 Å². The first-order valence-electron chi connectivity index (χ1n) is 7.01. The molecule has 0 aliphatic heterocycles. The maximum Gasteiger partial charge on any atom is 0.227 e. The lowest BCUT2D eigenvalue weighted by Crippen LogP contribution is -2.24. The Morgan fingerprint density at radius 2 is 2.09 bits per heavy atom. The molecule has 112 valence electrons. The molecule has 0 fully saturated rings. The van der Waals surface area contributed by atoms with Gasteiger partial charge in [-0.15, -0.1) is 11.3 Å². The van der Waals surface area contributed by atoms with Gasteiger partial charge in [-0.2, -0.15) is 0 Å². The van der Waals surface area contributed by atoms with Crippen molar-refractivity contribution in [3.8, 4) is 11.3 Å². The van der Waals surface area contributed by atoms with Crippen LogP contribution < -0.4 is 5.32 Å².